The van der Waals surface area contributed by atoms with E-state index in [9.17, 15) is 9.59 Å². The molecule has 19 heavy (non-hydrogen) atoms. The summed E-state index contributed by atoms with van der Waals surface area (Å²) in [5.41, 5.74) is 0.777. The van der Waals surface area contributed by atoms with E-state index >= 15 is 0 Å². The second kappa shape index (κ2) is 7.14. The first kappa shape index (κ1) is 15.5. The zero-order valence-corrected chi connectivity index (χ0v) is 11.9. The molecule has 1 unspecified atom stereocenters. The predicted octanol–water partition coefficient (Wildman–Crippen LogP) is 3.19. The Kier molecular flexibility index (Phi) is 5.83. The van der Waals surface area contributed by atoms with Gasteiger partial charge in [0, 0.05) is 30.1 Å². The molecule has 1 N–H and O–H groups in total. The Hall–Kier alpha value is -1.55. The highest BCUT2D eigenvalue weighted by molar-refractivity contribution is 6.30. The maximum atomic E-state index is 12.2. The molecule has 1 rings (SSSR count). The SMILES string of the molecule is CCN(C(=O)CC(C)CC(=O)O)c1ccc(Cl)cc1. The largest absolute Gasteiger partial charge is 0.481 e. The zero-order chi connectivity index (χ0) is 14.4. The van der Waals surface area contributed by atoms with Crippen molar-refractivity contribution < 1.29 is 14.7 Å². The summed E-state index contributed by atoms with van der Waals surface area (Å²) in [7, 11) is 0. The summed E-state index contributed by atoms with van der Waals surface area (Å²) in [6.07, 6.45) is 0.229. The molecule has 0 bridgehead atoms. The van der Waals surface area contributed by atoms with Crippen LogP contribution < -0.4 is 4.90 Å². The lowest BCUT2D eigenvalue weighted by molar-refractivity contribution is -0.138. The number of hydrogen-bond acceptors (Lipinski definition) is 2. The molecule has 1 aromatic rings. The quantitative estimate of drug-likeness (QED) is 0.872. The van der Waals surface area contributed by atoms with Gasteiger partial charge < -0.3 is 10.0 Å². The van der Waals surface area contributed by atoms with E-state index in [0.29, 0.717) is 11.6 Å². The summed E-state index contributed by atoms with van der Waals surface area (Å²) in [4.78, 5) is 24.4. The fourth-order valence-corrected chi connectivity index (χ4v) is 2.03. The van der Waals surface area contributed by atoms with Gasteiger partial charge in [-0.3, -0.25) is 9.59 Å². The standard InChI is InChI=1S/C14H18ClNO3/c1-3-16(12-6-4-11(15)5-7-12)13(17)8-10(2)9-14(18)19/h4-7,10H,3,8-9H2,1-2H3,(H,18,19). The van der Waals surface area contributed by atoms with E-state index in [4.69, 9.17) is 16.7 Å². The van der Waals surface area contributed by atoms with Crippen molar-refractivity contribution >= 4 is 29.2 Å². The summed E-state index contributed by atoms with van der Waals surface area (Å²) >= 11 is 5.81. The normalized spacial score (nSPS) is 11.9. The Morgan fingerprint density at radius 1 is 1.26 bits per heavy atom. The van der Waals surface area contributed by atoms with E-state index in [-0.39, 0.29) is 24.7 Å². The number of carboxylic acid groups (broad SMARTS) is 1. The van der Waals surface area contributed by atoms with Crippen LogP contribution in [0.2, 0.25) is 5.02 Å². The lowest BCUT2D eigenvalue weighted by Gasteiger charge is -2.22. The lowest BCUT2D eigenvalue weighted by atomic mass is 10.0. The molecule has 0 fully saturated rings. The molecule has 0 heterocycles. The first-order valence-corrected chi connectivity index (χ1v) is 6.59. The van der Waals surface area contributed by atoms with Gasteiger partial charge in [-0.05, 0) is 37.1 Å². The van der Waals surface area contributed by atoms with Crippen molar-refractivity contribution in [3.8, 4) is 0 Å². The molecule has 0 aliphatic heterocycles. The fraction of sp³-hybridized carbons (Fsp3) is 0.429. The maximum Gasteiger partial charge on any atom is 0.303 e. The molecular formula is C14H18ClNO3. The molecule has 0 saturated heterocycles. The van der Waals surface area contributed by atoms with Crippen LogP contribution in [0.3, 0.4) is 0 Å². The van der Waals surface area contributed by atoms with Crippen LogP contribution in [0.25, 0.3) is 0 Å². The number of carbonyl (C=O) groups is 2. The number of amides is 1. The molecular weight excluding hydrogens is 266 g/mol. The molecule has 0 saturated carbocycles. The number of carbonyl (C=O) groups excluding carboxylic acids is 1. The van der Waals surface area contributed by atoms with Crippen molar-refractivity contribution in [3.05, 3.63) is 29.3 Å². The minimum Gasteiger partial charge on any atom is -0.481 e. The minimum atomic E-state index is -0.880. The third kappa shape index (κ3) is 4.91. The van der Waals surface area contributed by atoms with E-state index in [1.54, 1.807) is 36.1 Å². The Morgan fingerprint density at radius 3 is 2.32 bits per heavy atom. The Labute approximate surface area is 118 Å². The van der Waals surface area contributed by atoms with Gasteiger partial charge in [0.25, 0.3) is 0 Å². The Balaban J connectivity index is 2.71. The minimum absolute atomic E-state index is 0.00388. The monoisotopic (exact) mass is 283 g/mol. The first-order chi connectivity index (χ1) is 8.93. The molecule has 1 aromatic carbocycles. The first-order valence-electron chi connectivity index (χ1n) is 6.21. The second-order valence-corrected chi connectivity index (χ2v) is 4.96. The molecule has 0 radical (unpaired) electrons. The van der Waals surface area contributed by atoms with Gasteiger partial charge in [0.2, 0.25) is 5.91 Å². The third-order valence-electron chi connectivity index (χ3n) is 2.80. The van der Waals surface area contributed by atoms with Gasteiger partial charge in [-0.25, -0.2) is 0 Å². The summed E-state index contributed by atoms with van der Waals surface area (Å²) < 4.78 is 0. The van der Waals surface area contributed by atoms with Crippen molar-refractivity contribution in [1.29, 1.82) is 0 Å². The van der Waals surface area contributed by atoms with Crippen LogP contribution in [0, 0.1) is 5.92 Å². The highest BCUT2D eigenvalue weighted by Crippen LogP contribution is 2.20. The van der Waals surface area contributed by atoms with Crippen LogP contribution >= 0.6 is 11.6 Å². The van der Waals surface area contributed by atoms with Gasteiger partial charge in [0.15, 0.2) is 0 Å². The van der Waals surface area contributed by atoms with Gasteiger partial charge in [0.1, 0.15) is 0 Å². The number of halogens is 1. The third-order valence-corrected chi connectivity index (χ3v) is 3.05. The lowest BCUT2D eigenvalue weighted by Crippen LogP contribution is -2.32. The van der Waals surface area contributed by atoms with Crippen LogP contribution in [0.1, 0.15) is 26.7 Å². The molecule has 1 amide bonds. The van der Waals surface area contributed by atoms with Gasteiger partial charge >= 0.3 is 5.97 Å². The highest BCUT2D eigenvalue weighted by Gasteiger charge is 2.18. The van der Waals surface area contributed by atoms with Gasteiger partial charge in [-0.2, -0.15) is 0 Å². The smallest absolute Gasteiger partial charge is 0.303 e. The maximum absolute atomic E-state index is 12.2. The predicted molar refractivity (Wildman–Crippen MR) is 75.5 cm³/mol. The van der Waals surface area contributed by atoms with Crippen molar-refractivity contribution in [3.63, 3.8) is 0 Å². The number of hydrogen-bond donors (Lipinski definition) is 1. The summed E-state index contributed by atoms with van der Waals surface area (Å²) in [6.45, 7) is 4.19. The van der Waals surface area contributed by atoms with E-state index < -0.39 is 5.97 Å². The van der Waals surface area contributed by atoms with E-state index in [2.05, 4.69) is 0 Å². The van der Waals surface area contributed by atoms with E-state index in [1.165, 1.54) is 0 Å². The molecule has 5 heteroatoms. The average molecular weight is 284 g/mol. The van der Waals surface area contributed by atoms with Crippen molar-refractivity contribution in [2.24, 2.45) is 5.92 Å². The summed E-state index contributed by atoms with van der Waals surface area (Å²) in [6, 6.07) is 7.03. The zero-order valence-electron chi connectivity index (χ0n) is 11.1. The molecule has 0 aliphatic carbocycles. The Bertz CT molecular complexity index is 445. The van der Waals surface area contributed by atoms with Gasteiger partial charge in [-0.15, -0.1) is 0 Å². The molecule has 1 atom stereocenters. The number of carboxylic acids is 1. The van der Waals surface area contributed by atoms with Crippen molar-refractivity contribution in [2.45, 2.75) is 26.7 Å². The van der Waals surface area contributed by atoms with Crippen LogP contribution in [-0.4, -0.2) is 23.5 Å². The molecule has 0 spiro atoms. The van der Waals surface area contributed by atoms with Gasteiger partial charge in [-0.1, -0.05) is 18.5 Å². The van der Waals surface area contributed by atoms with Crippen LogP contribution in [0.15, 0.2) is 24.3 Å². The number of rotatable bonds is 6. The molecule has 4 nitrogen and oxygen atoms in total. The van der Waals surface area contributed by atoms with E-state index in [1.807, 2.05) is 6.92 Å². The topological polar surface area (TPSA) is 57.6 Å². The van der Waals surface area contributed by atoms with Gasteiger partial charge in [0.05, 0.1) is 0 Å². The summed E-state index contributed by atoms with van der Waals surface area (Å²) in [5.74, 6) is -1.13. The van der Waals surface area contributed by atoms with Crippen LogP contribution in [0.5, 0.6) is 0 Å². The van der Waals surface area contributed by atoms with E-state index in [0.717, 1.165) is 5.69 Å². The number of benzene rings is 1. The van der Waals surface area contributed by atoms with Crippen LogP contribution in [-0.2, 0) is 9.59 Å². The average Bonchev–Trinajstić information content (AvgIpc) is 2.31. The number of anilines is 1. The molecule has 0 aliphatic rings. The highest BCUT2D eigenvalue weighted by atomic mass is 35.5. The fourth-order valence-electron chi connectivity index (χ4n) is 1.90. The number of nitrogens with zero attached hydrogens (tertiary/aromatic N) is 1. The molecule has 0 aromatic heterocycles. The number of aliphatic carboxylic acids is 1. The van der Waals surface area contributed by atoms with Crippen LogP contribution in [0.4, 0.5) is 5.69 Å². The van der Waals surface area contributed by atoms with Crippen molar-refractivity contribution in [1.82, 2.24) is 0 Å². The molecule has 104 valence electrons. The van der Waals surface area contributed by atoms with Crippen molar-refractivity contribution in [2.75, 3.05) is 11.4 Å². The summed E-state index contributed by atoms with van der Waals surface area (Å²) in [5, 5.41) is 9.32. The Morgan fingerprint density at radius 2 is 1.84 bits per heavy atom. The second-order valence-electron chi connectivity index (χ2n) is 4.52.